The maximum Gasteiger partial charge on any atom is 0.294 e. The van der Waals surface area contributed by atoms with E-state index in [-0.39, 0.29) is 17.3 Å². The minimum atomic E-state index is -0.549. The van der Waals surface area contributed by atoms with Gasteiger partial charge in [0.1, 0.15) is 11.9 Å². The van der Waals surface area contributed by atoms with Gasteiger partial charge in [-0.15, -0.1) is 0 Å². The zero-order chi connectivity index (χ0) is 22.0. The second-order valence-corrected chi connectivity index (χ2v) is 7.81. The Bertz CT molecular complexity index is 1190. The molecular weight excluding hydrogens is 392 g/mol. The molecule has 3 aromatic rings. The number of carbonyl (C=O) groups is 1. The molecule has 4 N–H and O–H groups in total. The van der Waals surface area contributed by atoms with Gasteiger partial charge in [0.15, 0.2) is 5.82 Å². The topological polar surface area (TPSA) is 115 Å². The maximum atomic E-state index is 13.1. The predicted molar refractivity (Wildman–Crippen MR) is 120 cm³/mol. The Labute approximate surface area is 180 Å². The Hall–Kier alpha value is -3.68. The lowest BCUT2D eigenvalue weighted by Crippen LogP contribution is -2.36. The minimum absolute atomic E-state index is 0.187. The molecule has 1 aromatic carbocycles. The SMILES string of the molecule is Cc1ccccc1CNc1ncc2n(c1=O)[C@H](C(=O)NCc1ccc(N)nc1C)CC2. The van der Waals surface area contributed by atoms with E-state index in [1.807, 2.05) is 44.2 Å². The van der Waals surface area contributed by atoms with Gasteiger partial charge in [0.05, 0.1) is 0 Å². The number of anilines is 2. The molecule has 160 valence electrons. The highest BCUT2D eigenvalue weighted by molar-refractivity contribution is 5.81. The normalized spacial score (nSPS) is 14.8. The average Bonchev–Trinajstić information content (AvgIpc) is 3.19. The summed E-state index contributed by atoms with van der Waals surface area (Å²) in [5, 5.41) is 6.07. The summed E-state index contributed by atoms with van der Waals surface area (Å²) in [6, 6.07) is 11.0. The Morgan fingerprint density at radius 3 is 2.74 bits per heavy atom. The van der Waals surface area contributed by atoms with Crippen LogP contribution >= 0.6 is 0 Å². The van der Waals surface area contributed by atoms with E-state index in [0.29, 0.717) is 31.7 Å². The fourth-order valence-corrected chi connectivity index (χ4v) is 3.89. The van der Waals surface area contributed by atoms with Crippen molar-refractivity contribution in [2.75, 3.05) is 11.1 Å². The summed E-state index contributed by atoms with van der Waals surface area (Å²) in [6.45, 7) is 4.71. The zero-order valence-electron chi connectivity index (χ0n) is 17.7. The lowest BCUT2D eigenvalue weighted by Gasteiger charge is -2.16. The van der Waals surface area contributed by atoms with Gasteiger partial charge in [-0.05, 0) is 49.4 Å². The highest BCUT2D eigenvalue weighted by Crippen LogP contribution is 2.24. The van der Waals surface area contributed by atoms with Crippen molar-refractivity contribution in [2.45, 2.75) is 45.8 Å². The second-order valence-electron chi connectivity index (χ2n) is 7.81. The molecule has 8 heteroatoms. The van der Waals surface area contributed by atoms with E-state index in [1.165, 1.54) is 0 Å². The molecule has 1 amide bonds. The standard InChI is InChI=1S/C23H26N6O2/c1-14-5-3-4-6-16(14)11-25-21-23(31)29-18(13-26-21)8-9-19(29)22(30)27-12-17-7-10-20(24)28-15(17)2/h3-7,10,13,19H,8-9,11-12H2,1-2H3,(H2,24,28)(H,25,26)(H,27,30)/t19-/m0/s1. The molecule has 3 heterocycles. The molecule has 4 rings (SSSR count). The third-order valence-electron chi connectivity index (χ3n) is 5.74. The van der Waals surface area contributed by atoms with Crippen LogP contribution in [0.15, 0.2) is 47.4 Å². The van der Waals surface area contributed by atoms with Crippen molar-refractivity contribution in [3.05, 3.63) is 81.0 Å². The number of hydrogen-bond donors (Lipinski definition) is 3. The maximum absolute atomic E-state index is 13.1. The van der Waals surface area contributed by atoms with Crippen LogP contribution < -0.4 is 21.9 Å². The predicted octanol–water partition coefficient (Wildman–Crippen LogP) is 2.25. The summed E-state index contributed by atoms with van der Waals surface area (Å²) < 4.78 is 1.57. The van der Waals surface area contributed by atoms with Crippen molar-refractivity contribution in [1.29, 1.82) is 0 Å². The molecule has 2 aromatic heterocycles. The summed E-state index contributed by atoms with van der Waals surface area (Å²) in [7, 11) is 0. The molecule has 0 fully saturated rings. The summed E-state index contributed by atoms with van der Waals surface area (Å²) in [4.78, 5) is 34.5. The highest BCUT2D eigenvalue weighted by Gasteiger charge is 2.30. The van der Waals surface area contributed by atoms with E-state index < -0.39 is 6.04 Å². The van der Waals surface area contributed by atoms with E-state index in [2.05, 4.69) is 20.6 Å². The molecule has 0 aliphatic carbocycles. The number of aryl methyl sites for hydroxylation is 3. The van der Waals surface area contributed by atoms with Gasteiger partial charge in [-0.2, -0.15) is 0 Å². The van der Waals surface area contributed by atoms with Crippen LogP contribution in [0.4, 0.5) is 11.6 Å². The third-order valence-corrected chi connectivity index (χ3v) is 5.74. The first-order chi connectivity index (χ1) is 14.9. The smallest absolute Gasteiger partial charge is 0.294 e. The van der Waals surface area contributed by atoms with Gasteiger partial charge in [-0.1, -0.05) is 30.3 Å². The van der Waals surface area contributed by atoms with Gasteiger partial charge in [-0.3, -0.25) is 14.2 Å². The van der Waals surface area contributed by atoms with Crippen LogP contribution in [0.2, 0.25) is 0 Å². The lowest BCUT2D eigenvalue weighted by atomic mass is 10.1. The van der Waals surface area contributed by atoms with Gasteiger partial charge in [-0.25, -0.2) is 9.97 Å². The lowest BCUT2D eigenvalue weighted by molar-refractivity contribution is -0.124. The summed E-state index contributed by atoms with van der Waals surface area (Å²) in [5.41, 5.74) is 10.1. The first-order valence-electron chi connectivity index (χ1n) is 10.3. The molecule has 0 radical (unpaired) electrons. The monoisotopic (exact) mass is 418 g/mol. The number of nitrogens with two attached hydrogens (primary N) is 1. The van der Waals surface area contributed by atoms with E-state index in [1.54, 1.807) is 16.8 Å². The van der Waals surface area contributed by atoms with Crippen molar-refractivity contribution in [2.24, 2.45) is 0 Å². The van der Waals surface area contributed by atoms with Crippen molar-refractivity contribution in [3.8, 4) is 0 Å². The minimum Gasteiger partial charge on any atom is -0.384 e. The molecule has 31 heavy (non-hydrogen) atoms. The van der Waals surface area contributed by atoms with Crippen molar-refractivity contribution >= 4 is 17.5 Å². The summed E-state index contributed by atoms with van der Waals surface area (Å²) in [6.07, 6.45) is 2.90. The van der Waals surface area contributed by atoms with Crippen LogP contribution in [-0.2, 0) is 24.3 Å². The molecule has 1 atom stereocenters. The van der Waals surface area contributed by atoms with E-state index in [9.17, 15) is 9.59 Å². The molecule has 0 saturated carbocycles. The van der Waals surface area contributed by atoms with Crippen molar-refractivity contribution in [3.63, 3.8) is 0 Å². The zero-order valence-corrected chi connectivity index (χ0v) is 17.7. The molecule has 8 nitrogen and oxygen atoms in total. The van der Waals surface area contributed by atoms with Gasteiger partial charge in [0, 0.05) is 30.7 Å². The molecule has 0 saturated heterocycles. The van der Waals surface area contributed by atoms with Crippen LogP contribution in [0.5, 0.6) is 0 Å². The Balaban J connectivity index is 1.49. The fraction of sp³-hybridized carbons (Fsp3) is 0.304. The Morgan fingerprint density at radius 2 is 1.97 bits per heavy atom. The molecule has 0 bridgehead atoms. The number of rotatable bonds is 6. The first-order valence-corrected chi connectivity index (χ1v) is 10.3. The van der Waals surface area contributed by atoms with Gasteiger partial charge < -0.3 is 16.4 Å². The van der Waals surface area contributed by atoms with E-state index in [0.717, 1.165) is 28.1 Å². The Morgan fingerprint density at radius 1 is 1.16 bits per heavy atom. The van der Waals surface area contributed by atoms with E-state index >= 15 is 0 Å². The number of hydrogen-bond acceptors (Lipinski definition) is 6. The number of fused-ring (bicyclic) bond motifs is 1. The van der Waals surface area contributed by atoms with Gasteiger partial charge >= 0.3 is 0 Å². The number of carbonyl (C=O) groups excluding carboxylic acids is 1. The summed E-state index contributed by atoms with van der Waals surface area (Å²) >= 11 is 0. The fourth-order valence-electron chi connectivity index (χ4n) is 3.89. The number of pyridine rings is 1. The number of nitrogen functional groups attached to an aromatic ring is 1. The Kier molecular flexibility index (Phi) is 5.70. The first kappa shape index (κ1) is 20.6. The van der Waals surface area contributed by atoms with E-state index in [4.69, 9.17) is 5.73 Å². The summed E-state index contributed by atoms with van der Waals surface area (Å²) in [5.74, 6) is 0.514. The van der Waals surface area contributed by atoms with Crippen molar-refractivity contribution in [1.82, 2.24) is 19.9 Å². The number of amides is 1. The number of nitrogens with zero attached hydrogens (tertiary/aromatic N) is 3. The molecule has 0 unspecified atom stereocenters. The second kappa shape index (κ2) is 8.59. The molecular formula is C23H26N6O2. The van der Waals surface area contributed by atoms with Crippen molar-refractivity contribution < 1.29 is 4.79 Å². The van der Waals surface area contributed by atoms with Crippen LogP contribution in [0, 0.1) is 13.8 Å². The van der Waals surface area contributed by atoms with Crippen LogP contribution in [0.1, 0.15) is 40.5 Å². The number of nitrogens with one attached hydrogen (secondary N) is 2. The van der Waals surface area contributed by atoms with Crippen LogP contribution in [0.25, 0.3) is 0 Å². The molecule has 1 aliphatic heterocycles. The van der Waals surface area contributed by atoms with Crippen LogP contribution in [-0.4, -0.2) is 20.4 Å². The average molecular weight is 419 g/mol. The molecule has 0 spiro atoms. The van der Waals surface area contributed by atoms with Gasteiger partial charge in [0.25, 0.3) is 5.56 Å². The largest absolute Gasteiger partial charge is 0.384 e. The molecule has 1 aliphatic rings. The van der Waals surface area contributed by atoms with Gasteiger partial charge in [0.2, 0.25) is 5.91 Å². The van der Waals surface area contributed by atoms with Crippen LogP contribution in [0.3, 0.4) is 0 Å². The highest BCUT2D eigenvalue weighted by atomic mass is 16.2. The number of aromatic nitrogens is 3. The quantitative estimate of drug-likeness (QED) is 0.566. The number of benzene rings is 1. The third kappa shape index (κ3) is 4.28.